The molecule has 0 aliphatic heterocycles. The van der Waals surface area contributed by atoms with Crippen molar-refractivity contribution < 1.29 is 9.53 Å². The highest BCUT2D eigenvalue weighted by molar-refractivity contribution is 5.85. The summed E-state index contributed by atoms with van der Waals surface area (Å²) in [5.74, 6) is 2.73. The normalized spacial score (nSPS) is 50.3. The molecule has 0 aromatic heterocycles. The molecule has 3 nitrogen and oxygen atoms in total. The summed E-state index contributed by atoms with van der Waals surface area (Å²) in [6.07, 6.45) is 3.75. The smallest absolute Gasteiger partial charge is 0.310 e. The molecule has 0 saturated heterocycles. The first-order valence-electron chi connectivity index (χ1n) is 5.57. The number of esters is 1. The quantitative estimate of drug-likeness (QED) is 0.690. The lowest BCUT2D eigenvalue weighted by atomic mass is 9.62. The molecule has 0 aromatic carbocycles. The molecule has 4 aliphatic rings. The van der Waals surface area contributed by atoms with E-state index in [0.717, 1.165) is 11.8 Å². The molecule has 15 heavy (non-hydrogen) atoms. The van der Waals surface area contributed by atoms with Crippen molar-refractivity contribution in [2.24, 2.45) is 35.3 Å². The molecule has 4 rings (SSSR count). The van der Waals surface area contributed by atoms with E-state index in [0.29, 0.717) is 11.8 Å². The Morgan fingerprint density at radius 1 is 1.20 bits per heavy atom. The molecule has 4 unspecified atom stereocenters. The zero-order chi connectivity index (χ0) is 9.87. The van der Waals surface area contributed by atoms with Crippen molar-refractivity contribution in [3.63, 3.8) is 0 Å². The first-order valence-corrected chi connectivity index (χ1v) is 5.57. The van der Waals surface area contributed by atoms with Gasteiger partial charge in [0.25, 0.3) is 0 Å². The first-order chi connectivity index (χ1) is 6.74. The fourth-order valence-corrected chi connectivity index (χ4v) is 3.98. The first kappa shape index (κ1) is 11.2. The number of hydrogen-bond donors (Lipinski definition) is 1. The van der Waals surface area contributed by atoms with Gasteiger partial charge in [-0.1, -0.05) is 0 Å². The average Bonchev–Trinajstić information content (AvgIpc) is 2.97. The molecule has 4 fully saturated rings. The molecular formula is C11H18ClNO2. The number of nitrogens with two attached hydrogens (primary N) is 1. The van der Waals surface area contributed by atoms with E-state index >= 15 is 0 Å². The van der Waals surface area contributed by atoms with Crippen molar-refractivity contribution in [3.8, 4) is 0 Å². The van der Waals surface area contributed by atoms with Crippen molar-refractivity contribution in [3.05, 3.63) is 0 Å². The second kappa shape index (κ2) is 3.63. The number of rotatable bonds is 1. The van der Waals surface area contributed by atoms with Crippen molar-refractivity contribution in [2.45, 2.75) is 25.3 Å². The number of ether oxygens (including phenoxy) is 1. The van der Waals surface area contributed by atoms with Crippen LogP contribution in [0.15, 0.2) is 0 Å². The number of halogens is 1. The van der Waals surface area contributed by atoms with Crippen LogP contribution in [0, 0.1) is 29.6 Å². The van der Waals surface area contributed by atoms with Gasteiger partial charge < -0.3 is 10.5 Å². The number of hydrogen-bond acceptors (Lipinski definition) is 3. The van der Waals surface area contributed by atoms with Crippen molar-refractivity contribution in [1.29, 1.82) is 0 Å². The summed E-state index contributed by atoms with van der Waals surface area (Å²) in [6, 6.07) is 0.0740. The summed E-state index contributed by atoms with van der Waals surface area (Å²) >= 11 is 0. The van der Waals surface area contributed by atoms with Gasteiger partial charge in [0.15, 0.2) is 0 Å². The van der Waals surface area contributed by atoms with Crippen LogP contribution >= 0.6 is 12.4 Å². The topological polar surface area (TPSA) is 52.3 Å². The fraction of sp³-hybridized carbons (Fsp3) is 0.909. The predicted molar refractivity (Wildman–Crippen MR) is 58.5 cm³/mol. The van der Waals surface area contributed by atoms with Gasteiger partial charge >= 0.3 is 5.97 Å². The molecule has 86 valence electrons. The van der Waals surface area contributed by atoms with E-state index in [1.807, 2.05) is 0 Å². The van der Waals surface area contributed by atoms with Crippen LogP contribution in [0.3, 0.4) is 0 Å². The van der Waals surface area contributed by atoms with Crippen LogP contribution in [0.4, 0.5) is 0 Å². The highest BCUT2D eigenvalue weighted by Gasteiger charge is 2.62. The van der Waals surface area contributed by atoms with Gasteiger partial charge in [0, 0.05) is 6.04 Å². The second-order valence-corrected chi connectivity index (χ2v) is 5.09. The number of fused-ring (bicyclic) bond motifs is 2. The number of methoxy groups -OCH3 is 1. The maximum atomic E-state index is 11.6. The van der Waals surface area contributed by atoms with Crippen LogP contribution in [0.25, 0.3) is 0 Å². The Morgan fingerprint density at radius 3 is 2.47 bits per heavy atom. The standard InChI is InChI=1S/C11H17NO2.ClH/c1-14-11(13)9-5-2-3-6(10(9)12)8-4-7(5)8;/h5-10H,2-4,12H2,1H3;1H/t5?,6?,7?,8?,9-,10+;/m0./s1. The molecule has 0 radical (unpaired) electrons. The third-order valence-corrected chi connectivity index (χ3v) is 4.67. The fourth-order valence-electron chi connectivity index (χ4n) is 3.98. The minimum absolute atomic E-state index is 0. The zero-order valence-corrected chi connectivity index (χ0v) is 9.70. The van der Waals surface area contributed by atoms with Gasteiger partial charge in [-0.25, -0.2) is 0 Å². The number of carbonyl (C=O) groups is 1. The maximum Gasteiger partial charge on any atom is 0.310 e. The van der Waals surface area contributed by atoms with E-state index in [9.17, 15) is 4.79 Å². The lowest BCUT2D eigenvalue weighted by Gasteiger charge is -2.45. The molecule has 6 atom stereocenters. The van der Waals surface area contributed by atoms with E-state index in [1.54, 1.807) is 0 Å². The minimum atomic E-state index is -0.0717. The van der Waals surface area contributed by atoms with Gasteiger partial charge in [-0.2, -0.15) is 0 Å². The molecule has 4 saturated carbocycles. The van der Waals surface area contributed by atoms with Gasteiger partial charge in [-0.3, -0.25) is 4.79 Å². The predicted octanol–water partition coefficient (Wildman–Crippen LogP) is 1.20. The van der Waals surface area contributed by atoms with Gasteiger partial charge in [0.05, 0.1) is 13.0 Å². The van der Waals surface area contributed by atoms with E-state index in [-0.39, 0.29) is 30.3 Å². The number of carbonyl (C=O) groups excluding carboxylic acids is 1. The van der Waals surface area contributed by atoms with E-state index in [4.69, 9.17) is 10.5 Å². The summed E-state index contributed by atoms with van der Waals surface area (Å²) in [5.41, 5.74) is 6.16. The zero-order valence-electron chi connectivity index (χ0n) is 8.89. The molecule has 0 aromatic rings. The Hall–Kier alpha value is -0.280. The second-order valence-electron chi connectivity index (χ2n) is 5.09. The largest absolute Gasteiger partial charge is 0.469 e. The Kier molecular flexibility index (Phi) is 2.72. The molecule has 4 heteroatoms. The summed E-state index contributed by atoms with van der Waals surface area (Å²) in [7, 11) is 1.47. The third-order valence-electron chi connectivity index (χ3n) is 4.67. The third kappa shape index (κ3) is 1.40. The molecule has 2 N–H and O–H groups in total. The van der Waals surface area contributed by atoms with Crippen LogP contribution in [-0.4, -0.2) is 19.1 Å². The summed E-state index contributed by atoms with van der Waals surface area (Å²) in [5, 5.41) is 0. The Labute approximate surface area is 96.1 Å². The maximum absolute atomic E-state index is 11.6. The average molecular weight is 232 g/mol. The Morgan fingerprint density at radius 2 is 1.80 bits per heavy atom. The molecule has 2 bridgehead atoms. The lowest BCUT2D eigenvalue weighted by molar-refractivity contribution is -0.153. The van der Waals surface area contributed by atoms with Crippen molar-refractivity contribution in [1.82, 2.24) is 0 Å². The van der Waals surface area contributed by atoms with E-state index < -0.39 is 0 Å². The van der Waals surface area contributed by atoms with Crippen LogP contribution in [0.5, 0.6) is 0 Å². The van der Waals surface area contributed by atoms with Crippen LogP contribution in [-0.2, 0) is 9.53 Å². The van der Waals surface area contributed by atoms with E-state index in [2.05, 4.69) is 0 Å². The van der Waals surface area contributed by atoms with E-state index in [1.165, 1.54) is 26.4 Å². The Bertz CT molecular complexity index is 284. The van der Waals surface area contributed by atoms with Gasteiger partial charge in [0.1, 0.15) is 0 Å². The minimum Gasteiger partial charge on any atom is -0.469 e. The monoisotopic (exact) mass is 231 g/mol. The molecule has 4 aliphatic carbocycles. The highest BCUT2D eigenvalue weighted by Crippen LogP contribution is 2.63. The SMILES string of the molecule is COC(=O)[C@H]1C2CCC(C3CC32)[C@H]1N.Cl. The lowest BCUT2D eigenvalue weighted by Crippen LogP contribution is -2.53. The molecule has 0 heterocycles. The summed E-state index contributed by atoms with van der Waals surface area (Å²) in [6.45, 7) is 0. The van der Waals surface area contributed by atoms with Crippen molar-refractivity contribution >= 4 is 18.4 Å². The Balaban J connectivity index is 0.000000853. The highest BCUT2D eigenvalue weighted by atomic mass is 35.5. The van der Waals surface area contributed by atoms with Gasteiger partial charge in [-0.05, 0) is 42.9 Å². The van der Waals surface area contributed by atoms with Crippen molar-refractivity contribution in [2.75, 3.05) is 7.11 Å². The van der Waals surface area contributed by atoms with Gasteiger partial charge in [-0.15, -0.1) is 12.4 Å². The van der Waals surface area contributed by atoms with Crippen LogP contribution in [0.2, 0.25) is 0 Å². The van der Waals surface area contributed by atoms with Crippen LogP contribution in [0.1, 0.15) is 19.3 Å². The van der Waals surface area contributed by atoms with Crippen LogP contribution < -0.4 is 5.73 Å². The summed E-state index contributed by atoms with van der Waals surface area (Å²) < 4.78 is 4.86. The van der Waals surface area contributed by atoms with Gasteiger partial charge in [0.2, 0.25) is 0 Å². The molecular weight excluding hydrogens is 214 g/mol. The molecule has 0 amide bonds. The summed E-state index contributed by atoms with van der Waals surface area (Å²) in [4.78, 5) is 11.6. The molecule has 0 spiro atoms.